The van der Waals surface area contributed by atoms with Gasteiger partial charge in [0.05, 0.1) is 5.41 Å². The second-order valence-corrected chi connectivity index (χ2v) is 7.24. The average Bonchev–Trinajstić information content (AvgIpc) is 2.40. The van der Waals surface area contributed by atoms with Crippen LogP contribution in [0.25, 0.3) is 0 Å². The summed E-state index contributed by atoms with van der Waals surface area (Å²) in [5.74, 6) is 0.976. The molecule has 0 aromatic rings. The molecule has 0 atom stereocenters. The normalized spacial score (nSPS) is 34.8. The molecule has 1 amide bonds. The lowest BCUT2D eigenvalue weighted by atomic mass is 9.69. The van der Waals surface area contributed by atoms with Crippen LogP contribution in [0.3, 0.4) is 0 Å². The van der Waals surface area contributed by atoms with Gasteiger partial charge in [0.1, 0.15) is 0 Å². The van der Waals surface area contributed by atoms with Crippen LogP contribution in [0.2, 0.25) is 0 Å². The third-order valence-corrected chi connectivity index (χ3v) is 5.48. The highest BCUT2D eigenvalue weighted by molar-refractivity contribution is 5.83. The number of rotatable bonds is 3. The monoisotopic (exact) mass is 266 g/mol. The van der Waals surface area contributed by atoms with Gasteiger partial charge in [0.15, 0.2) is 0 Å². The zero-order valence-corrected chi connectivity index (χ0v) is 12.6. The lowest BCUT2D eigenvalue weighted by molar-refractivity contribution is -0.135. The number of hydrogen-bond donors (Lipinski definition) is 2. The third-order valence-electron chi connectivity index (χ3n) is 5.48. The molecule has 2 aliphatic carbocycles. The minimum Gasteiger partial charge on any atom is -0.350 e. The molecular weight excluding hydrogens is 236 g/mol. The molecule has 3 heteroatoms. The molecule has 0 heterocycles. The van der Waals surface area contributed by atoms with Gasteiger partial charge in [-0.25, -0.2) is 0 Å². The Hall–Kier alpha value is -0.570. The topological polar surface area (TPSA) is 55.1 Å². The number of hydrogen-bond acceptors (Lipinski definition) is 2. The van der Waals surface area contributed by atoms with Gasteiger partial charge in [0.2, 0.25) is 5.91 Å². The molecule has 0 unspecified atom stereocenters. The lowest BCUT2D eigenvalue weighted by Gasteiger charge is -2.42. The highest BCUT2D eigenvalue weighted by Gasteiger charge is 2.42. The summed E-state index contributed by atoms with van der Waals surface area (Å²) in [6.07, 6.45) is 10.2. The van der Waals surface area contributed by atoms with Crippen LogP contribution in [-0.4, -0.2) is 18.0 Å². The SMILES string of the molecule is CC1CCC(CN)(C(=O)NC2(C)CCCCC2)CC1. The van der Waals surface area contributed by atoms with Crippen molar-refractivity contribution < 1.29 is 4.79 Å². The highest BCUT2D eigenvalue weighted by atomic mass is 16.2. The van der Waals surface area contributed by atoms with Crippen molar-refractivity contribution in [1.29, 1.82) is 0 Å². The summed E-state index contributed by atoms with van der Waals surface area (Å²) >= 11 is 0. The Labute approximate surface area is 117 Å². The molecule has 0 saturated heterocycles. The van der Waals surface area contributed by atoms with Gasteiger partial charge >= 0.3 is 0 Å². The summed E-state index contributed by atoms with van der Waals surface area (Å²) in [6, 6.07) is 0. The Morgan fingerprint density at radius 3 is 2.26 bits per heavy atom. The fourth-order valence-electron chi connectivity index (χ4n) is 3.70. The van der Waals surface area contributed by atoms with E-state index in [0.717, 1.165) is 44.4 Å². The van der Waals surface area contributed by atoms with Crippen LogP contribution in [0.15, 0.2) is 0 Å². The minimum absolute atomic E-state index is 0.0145. The molecular formula is C16H30N2O. The maximum atomic E-state index is 12.7. The Balaban J connectivity index is 2.00. The molecule has 0 aliphatic heterocycles. The molecule has 0 aromatic heterocycles. The summed E-state index contributed by atoms with van der Waals surface area (Å²) in [5.41, 5.74) is 5.70. The molecule has 2 saturated carbocycles. The predicted molar refractivity (Wildman–Crippen MR) is 78.8 cm³/mol. The van der Waals surface area contributed by atoms with Gasteiger partial charge in [-0.2, -0.15) is 0 Å². The molecule has 3 nitrogen and oxygen atoms in total. The zero-order valence-electron chi connectivity index (χ0n) is 12.6. The largest absolute Gasteiger partial charge is 0.350 e. The van der Waals surface area contributed by atoms with Crippen molar-refractivity contribution in [2.24, 2.45) is 17.1 Å². The fourth-order valence-corrected chi connectivity index (χ4v) is 3.70. The molecule has 2 rings (SSSR count). The third kappa shape index (κ3) is 3.31. The van der Waals surface area contributed by atoms with Gasteiger partial charge in [0.25, 0.3) is 0 Å². The summed E-state index contributed by atoms with van der Waals surface area (Å²) < 4.78 is 0. The maximum absolute atomic E-state index is 12.7. The zero-order chi connectivity index (χ0) is 13.9. The smallest absolute Gasteiger partial charge is 0.227 e. The van der Waals surface area contributed by atoms with Crippen LogP contribution in [0.5, 0.6) is 0 Å². The van der Waals surface area contributed by atoms with Gasteiger partial charge in [-0.15, -0.1) is 0 Å². The van der Waals surface area contributed by atoms with Crippen LogP contribution in [0.4, 0.5) is 0 Å². The number of nitrogens with one attached hydrogen (secondary N) is 1. The molecule has 0 spiro atoms. The van der Waals surface area contributed by atoms with E-state index in [2.05, 4.69) is 19.2 Å². The van der Waals surface area contributed by atoms with E-state index in [4.69, 9.17) is 5.73 Å². The fraction of sp³-hybridized carbons (Fsp3) is 0.938. The number of nitrogens with two attached hydrogens (primary N) is 1. The van der Waals surface area contributed by atoms with Gasteiger partial charge in [-0.3, -0.25) is 4.79 Å². The van der Waals surface area contributed by atoms with Crippen LogP contribution in [0.1, 0.15) is 71.6 Å². The van der Waals surface area contributed by atoms with Crippen molar-refractivity contribution in [1.82, 2.24) is 5.32 Å². The quantitative estimate of drug-likeness (QED) is 0.825. The molecule has 0 aromatic carbocycles. The molecule has 2 aliphatic rings. The van der Waals surface area contributed by atoms with Crippen molar-refractivity contribution in [3.8, 4) is 0 Å². The lowest BCUT2D eigenvalue weighted by Crippen LogP contribution is -2.55. The van der Waals surface area contributed by atoms with Crippen molar-refractivity contribution in [2.45, 2.75) is 77.2 Å². The van der Waals surface area contributed by atoms with Gasteiger partial charge in [0, 0.05) is 12.1 Å². The summed E-state index contributed by atoms with van der Waals surface area (Å²) in [7, 11) is 0. The number of carbonyl (C=O) groups is 1. The average molecular weight is 266 g/mol. The van der Waals surface area contributed by atoms with E-state index in [1.165, 1.54) is 19.3 Å². The Morgan fingerprint density at radius 1 is 1.16 bits per heavy atom. The van der Waals surface area contributed by atoms with Crippen molar-refractivity contribution in [2.75, 3.05) is 6.54 Å². The molecule has 19 heavy (non-hydrogen) atoms. The van der Waals surface area contributed by atoms with Crippen LogP contribution in [0, 0.1) is 11.3 Å². The van der Waals surface area contributed by atoms with Crippen molar-refractivity contribution in [3.63, 3.8) is 0 Å². The Morgan fingerprint density at radius 2 is 1.74 bits per heavy atom. The first-order valence-electron chi connectivity index (χ1n) is 8.02. The summed E-state index contributed by atoms with van der Waals surface area (Å²) in [4.78, 5) is 12.7. The molecule has 2 fully saturated rings. The Bertz CT molecular complexity index is 313. The van der Waals surface area contributed by atoms with Crippen LogP contribution in [-0.2, 0) is 4.79 Å². The van der Waals surface area contributed by atoms with Crippen molar-refractivity contribution >= 4 is 5.91 Å². The summed E-state index contributed by atoms with van der Waals surface area (Å²) in [5, 5.41) is 3.35. The predicted octanol–water partition coefficient (Wildman–Crippen LogP) is 2.98. The second kappa shape index (κ2) is 5.82. The van der Waals surface area contributed by atoms with E-state index < -0.39 is 0 Å². The highest BCUT2D eigenvalue weighted by Crippen LogP contribution is 2.39. The Kier molecular flexibility index (Phi) is 4.54. The molecule has 3 N–H and O–H groups in total. The summed E-state index contributed by atoms with van der Waals surface area (Å²) in [6.45, 7) is 4.99. The van der Waals surface area contributed by atoms with Gasteiger partial charge < -0.3 is 11.1 Å². The first kappa shape index (κ1) is 14.8. The first-order valence-corrected chi connectivity index (χ1v) is 8.02. The second-order valence-electron chi connectivity index (χ2n) is 7.24. The maximum Gasteiger partial charge on any atom is 0.227 e. The molecule has 110 valence electrons. The number of carbonyl (C=O) groups excluding carboxylic acids is 1. The van der Waals surface area contributed by atoms with Gasteiger partial charge in [-0.1, -0.05) is 26.2 Å². The molecule has 0 radical (unpaired) electrons. The van der Waals surface area contributed by atoms with E-state index in [1.54, 1.807) is 0 Å². The van der Waals surface area contributed by atoms with E-state index in [9.17, 15) is 4.79 Å². The van der Waals surface area contributed by atoms with Crippen LogP contribution >= 0.6 is 0 Å². The van der Waals surface area contributed by atoms with E-state index >= 15 is 0 Å². The van der Waals surface area contributed by atoms with E-state index in [1.807, 2.05) is 0 Å². The van der Waals surface area contributed by atoms with Crippen molar-refractivity contribution in [3.05, 3.63) is 0 Å². The first-order chi connectivity index (χ1) is 9.00. The number of amides is 1. The standard InChI is InChI=1S/C16H30N2O/c1-13-6-10-16(12-17,11-7-13)14(19)18-15(2)8-4-3-5-9-15/h13H,3-12,17H2,1-2H3,(H,18,19). The minimum atomic E-state index is -0.285. The van der Waals surface area contributed by atoms with Crippen LogP contribution < -0.4 is 11.1 Å². The molecule has 0 bridgehead atoms. The van der Waals surface area contributed by atoms with Gasteiger partial charge in [-0.05, 0) is 51.4 Å². The van der Waals surface area contributed by atoms with E-state index in [0.29, 0.717) is 6.54 Å². The van der Waals surface area contributed by atoms with E-state index in [-0.39, 0.29) is 16.9 Å².